The van der Waals surface area contributed by atoms with E-state index in [2.05, 4.69) is 10.3 Å². The molecule has 1 N–H and O–H groups in total. The van der Waals surface area contributed by atoms with E-state index in [1.807, 2.05) is 0 Å². The summed E-state index contributed by atoms with van der Waals surface area (Å²) in [4.78, 5) is 28.3. The summed E-state index contributed by atoms with van der Waals surface area (Å²) in [5.74, 6) is -1.06. The van der Waals surface area contributed by atoms with E-state index in [0.717, 1.165) is 22.7 Å². The Hall–Kier alpha value is -1.53. The summed E-state index contributed by atoms with van der Waals surface area (Å²) in [6, 6.07) is 2.10. The van der Waals surface area contributed by atoms with Crippen LogP contribution >= 0.6 is 34.3 Å². The zero-order valence-corrected chi connectivity index (χ0v) is 17.4. The van der Waals surface area contributed by atoms with Crippen LogP contribution in [0.3, 0.4) is 0 Å². The van der Waals surface area contributed by atoms with Crippen LogP contribution in [0.1, 0.15) is 30.3 Å². The van der Waals surface area contributed by atoms with Crippen LogP contribution in [0.5, 0.6) is 0 Å². The van der Waals surface area contributed by atoms with Crippen LogP contribution < -0.4 is 5.32 Å². The van der Waals surface area contributed by atoms with E-state index in [0.29, 0.717) is 17.2 Å². The lowest BCUT2D eigenvalue weighted by atomic mass is 10.2. The molecule has 0 aromatic carbocycles. The molecule has 12 heteroatoms. The van der Waals surface area contributed by atoms with Crippen molar-refractivity contribution in [3.05, 3.63) is 27.5 Å². The van der Waals surface area contributed by atoms with E-state index in [9.17, 15) is 18.0 Å². The molecule has 146 valence electrons. The van der Waals surface area contributed by atoms with Crippen LogP contribution in [0.2, 0.25) is 4.34 Å². The SMILES string of the molecule is CCOC(=O)c1csc(NC(=O)C2CCCN2S(=O)(=O)c2ccc(Cl)s2)n1. The molecule has 27 heavy (non-hydrogen) atoms. The Bertz CT molecular complexity index is 956. The van der Waals surface area contributed by atoms with Gasteiger partial charge in [0.15, 0.2) is 10.8 Å². The Labute approximate surface area is 169 Å². The summed E-state index contributed by atoms with van der Waals surface area (Å²) < 4.78 is 32.1. The Morgan fingerprint density at radius 3 is 2.89 bits per heavy atom. The largest absolute Gasteiger partial charge is 0.461 e. The topological polar surface area (TPSA) is 106 Å². The number of anilines is 1. The minimum atomic E-state index is -3.80. The first-order chi connectivity index (χ1) is 12.8. The summed E-state index contributed by atoms with van der Waals surface area (Å²) in [6.07, 6.45) is 0.975. The third-order valence-corrected chi connectivity index (χ3v) is 8.20. The van der Waals surface area contributed by atoms with Crippen LogP contribution in [0.15, 0.2) is 21.7 Å². The lowest BCUT2D eigenvalue weighted by molar-refractivity contribution is -0.119. The Morgan fingerprint density at radius 2 is 2.22 bits per heavy atom. The fourth-order valence-electron chi connectivity index (χ4n) is 2.66. The number of nitrogens with zero attached hydrogens (tertiary/aromatic N) is 2. The molecule has 1 aliphatic rings. The first-order valence-electron chi connectivity index (χ1n) is 8.03. The predicted molar refractivity (Wildman–Crippen MR) is 103 cm³/mol. The molecule has 2 aromatic rings. The molecule has 1 fully saturated rings. The number of carbonyl (C=O) groups is 2. The minimum Gasteiger partial charge on any atom is -0.461 e. The number of sulfonamides is 1. The van der Waals surface area contributed by atoms with Crippen LogP contribution in [-0.4, -0.2) is 48.8 Å². The summed E-state index contributed by atoms with van der Waals surface area (Å²) in [5.41, 5.74) is 0.0984. The van der Waals surface area contributed by atoms with Crippen LogP contribution in [-0.2, 0) is 19.6 Å². The first-order valence-corrected chi connectivity index (χ1v) is 11.5. The normalized spacial score (nSPS) is 17.8. The molecule has 1 amide bonds. The molecule has 1 atom stereocenters. The number of ether oxygens (including phenoxy) is 1. The van der Waals surface area contributed by atoms with Crippen molar-refractivity contribution in [1.82, 2.24) is 9.29 Å². The van der Waals surface area contributed by atoms with Gasteiger partial charge in [-0.1, -0.05) is 11.6 Å². The molecular formula is C15H16ClN3O5S3. The van der Waals surface area contributed by atoms with E-state index in [4.69, 9.17) is 16.3 Å². The number of nitrogens with one attached hydrogen (secondary N) is 1. The van der Waals surface area contributed by atoms with Crippen molar-refractivity contribution in [1.29, 1.82) is 0 Å². The molecular weight excluding hydrogens is 434 g/mol. The fourth-order valence-corrected chi connectivity index (χ4v) is 6.61. The maximum Gasteiger partial charge on any atom is 0.357 e. The van der Waals surface area contributed by atoms with E-state index < -0.39 is 27.9 Å². The van der Waals surface area contributed by atoms with Crippen molar-refractivity contribution >= 4 is 61.3 Å². The first kappa shape index (κ1) is 20.2. The van der Waals surface area contributed by atoms with Gasteiger partial charge in [-0.05, 0) is 31.9 Å². The highest BCUT2D eigenvalue weighted by atomic mass is 35.5. The molecule has 1 saturated heterocycles. The van der Waals surface area contributed by atoms with E-state index in [1.54, 1.807) is 6.92 Å². The molecule has 1 aliphatic heterocycles. The van der Waals surface area contributed by atoms with Crippen molar-refractivity contribution in [2.45, 2.75) is 30.0 Å². The van der Waals surface area contributed by atoms with Gasteiger partial charge >= 0.3 is 5.97 Å². The second kappa shape index (κ2) is 8.23. The molecule has 3 rings (SSSR count). The lowest BCUT2D eigenvalue weighted by Gasteiger charge is -2.22. The highest BCUT2D eigenvalue weighted by Gasteiger charge is 2.40. The molecule has 0 bridgehead atoms. The molecule has 0 radical (unpaired) electrons. The van der Waals surface area contributed by atoms with Gasteiger partial charge in [0, 0.05) is 11.9 Å². The number of thiophene rings is 1. The van der Waals surface area contributed by atoms with Gasteiger partial charge in [-0.2, -0.15) is 4.31 Å². The number of thiazole rings is 1. The van der Waals surface area contributed by atoms with Gasteiger partial charge in [0.25, 0.3) is 10.0 Å². The second-order valence-electron chi connectivity index (χ2n) is 5.58. The van der Waals surface area contributed by atoms with Gasteiger partial charge < -0.3 is 10.1 Å². The number of aromatic nitrogens is 1. The van der Waals surface area contributed by atoms with Crippen molar-refractivity contribution in [2.24, 2.45) is 0 Å². The summed E-state index contributed by atoms with van der Waals surface area (Å²) in [5, 5.41) is 4.28. The van der Waals surface area contributed by atoms with E-state index >= 15 is 0 Å². The van der Waals surface area contributed by atoms with Gasteiger partial charge in [-0.25, -0.2) is 18.2 Å². The van der Waals surface area contributed by atoms with Crippen molar-refractivity contribution in [2.75, 3.05) is 18.5 Å². The zero-order chi connectivity index (χ0) is 19.6. The molecule has 1 unspecified atom stereocenters. The van der Waals surface area contributed by atoms with Crippen molar-refractivity contribution in [3.63, 3.8) is 0 Å². The highest BCUT2D eigenvalue weighted by molar-refractivity contribution is 7.91. The van der Waals surface area contributed by atoms with Crippen LogP contribution in [0.4, 0.5) is 5.13 Å². The maximum absolute atomic E-state index is 12.8. The Balaban J connectivity index is 1.73. The van der Waals surface area contributed by atoms with Gasteiger partial charge in [0.1, 0.15) is 10.3 Å². The second-order valence-corrected chi connectivity index (χ2v) is 10.3. The number of halogens is 1. The number of hydrogen-bond acceptors (Lipinski definition) is 8. The molecule has 0 saturated carbocycles. The summed E-state index contributed by atoms with van der Waals surface area (Å²) in [7, 11) is -3.80. The molecule has 8 nitrogen and oxygen atoms in total. The number of rotatable bonds is 6. The molecule has 2 aromatic heterocycles. The van der Waals surface area contributed by atoms with Gasteiger partial charge in [0.2, 0.25) is 5.91 Å². The monoisotopic (exact) mass is 449 g/mol. The number of amides is 1. The van der Waals surface area contributed by atoms with Crippen LogP contribution in [0, 0.1) is 0 Å². The molecule has 3 heterocycles. The maximum atomic E-state index is 12.8. The number of esters is 1. The average molecular weight is 450 g/mol. The van der Waals surface area contributed by atoms with E-state index in [-0.39, 0.29) is 28.2 Å². The minimum absolute atomic E-state index is 0.0984. The molecule has 0 aliphatic carbocycles. The third-order valence-electron chi connectivity index (χ3n) is 3.84. The number of hydrogen-bond donors (Lipinski definition) is 1. The van der Waals surface area contributed by atoms with Crippen molar-refractivity contribution in [3.8, 4) is 0 Å². The van der Waals surface area contributed by atoms with Crippen LogP contribution in [0.25, 0.3) is 0 Å². The summed E-state index contributed by atoms with van der Waals surface area (Å²) >= 11 is 7.87. The standard InChI is InChI=1S/C15H16ClN3O5S3/c1-2-24-14(21)9-8-25-15(17-9)18-13(20)10-4-3-7-19(10)27(22,23)12-6-5-11(16)26-12/h5-6,8,10H,2-4,7H2,1H3,(H,17,18,20). The Kier molecular flexibility index (Phi) is 6.16. The highest BCUT2D eigenvalue weighted by Crippen LogP contribution is 2.32. The smallest absolute Gasteiger partial charge is 0.357 e. The number of carbonyl (C=O) groups excluding carboxylic acids is 2. The quantitative estimate of drug-likeness (QED) is 0.679. The van der Waals surface area contributed by atoms with E-state index in [1.165, 1.54) is 21.8 Å². The van der Waals surface area contributed by atoms with Gasteiger partial charge in [0.05, 0.1) is 10.9 Å². The van der Waals surface area contributed by atoms with Gasteiger partial charge in [-0.15, -0.1) is 22.7 Å². The third kappa shape index (κ3) is 4.32. The fraction of sp³-hybridized carbons (Fsp3) is 0.400. The molecule has 0 spiro atoms. The Morgan fingerprint density at radius 1 is 1.44 bits per heavy atom. The average Bonchev–Trinajstić information content (AvgIpc) is 3.35. The van der Waals surface area contributed by atoms with Crippen molar-refractivity contribution < 1.29 is 22.7 Å². The van der Waals surface area contributed by atoms with Gasteiger partial charge in [-0.3, -0.25) is 4.79 Å². The predicted octanol–water partition coefficient (Wildman–Crippen LogP) is 2.83. The summed E-state index contributed by atoms with van der Waals surface area (Å²) in [6.45, 7) is 2.16. The lowest BCUT2D eigenvalue weighted by Crippen LogP contribution is -2.42. The zero-order valence-electron chi connectivity index (χ0n) is 14.2.